The van der Waals surface area contributed by atoms with Crippen LogP contribution in [0.25, 0.3) is 6.08 Å². The van der Waals surface area contributed by atoms with Gasteiger partial charge in [-0.2, -0.15) is 5.26 Å². The Morgan fingerprint density at radius 1 is 1.03 bits per heavy atom. The van der Waals surface area contributed by atoms with E-state index in [0.29, 0.717) is 23.6 Å². The minimum atomic E-state index is 0.0185. The lowest BCUT2D eigenvalue weighted by atomic mass is 10.1. The third-order valence-electron chi connectivity index (χ3n) is 5.22. The molecule has 0 saturated carbocycles. The van der Waals surface area contributed by atoms with Gasteiger partial charge in [0.2, 0.25) is 5.91 Å². The van der Waals surface area contributed by atoms with Crippen molar-refractivity contribution in [1.29, 1.82) is 5.26 Å². The second-order valence-corrected chi connectivity index (χ2v) is 7.21. The highest BCUT2D eigenvalue weighted by Gasteiger charge is 2.17. The number of nitrogens with zero attached hydrogens (tertiary/aromatic N) is 3. The Balaban J connectivity index is 1.56. The minimum Gasteiger partial charge on any atom is -0.493 e. The van der Waals surface area contributed by atoms with Crippen molar-refractivity contribution in [3.63, 3.8) is 0 Å². The molecule has 1 fully saturated rings. The van der Waals surface area contributed by atoms with Gasteiger partial charge in [-0.25, -0.2) is 0 Å². The summed E-state index contributed by atoms with van der Waals surface area (Å²) in [6.07, 6.45) is 4.37. The summed E-state index contributed by atoms with van der Waals surface area (Å²) in [5.41, 5.74) is 2.74. The van der Waals surface area contributed by atoms with Crippen LogP contribution in [0.3, 0.4) is 0 Å². The summed E-state index contributed by atoms with van der Waals surface area (Å²) in [7, 11) is 3.19. The van der Waals surface area contributed by atoms with Gasteiger partial charge >= 0.3 is 0 Å². The first-order valence-electron chi connectivity index (χ1n) is 10.0. The van der Waals surface area contributed by atoms with Gasteiger partial charge in [0, 0.05) is 38.8 Å². The minimum absolute atomic E-state index is 0.0185. The summed E-state index contributed by atoms with van der Waals surface area (Å²) < 4.78 is 10.6. The standard InChI is InChI=1S/C24H27N3O3/c1-29-22-10-8-19(16-23(22)30-2)9-11-24(28)27-13-3-12-26(14-15-27)18-21-6-4-20(17-25)5-7-21/h4-11,16H,3,12-15,18H2,1-2H3/b11-9+. The highest BCUT2D eigenvalue weighted by molar-refractivity contribution is 5.91. The number of nitriles is 1. The molecule has 3 rings (SSSR count). The van der Waals surface area contributed by atoms with Gasteiger partial charge in [0.05, 0.1) is 25.9 Å². The van der Waals surface area contributed by atoms with Gasteiger partial charge < -0.3 is 14.4 Å². The molecule has 2 aromatic rings. The number of carbonyl (C=O) groups is 1. The van der Waals surface area contributed by atoms with E-state index >= 15 is 0 Å². The van der Waals surface area contributed by atoms with Crippen molar-refractivity contribution in [2.45, 2.75) is 13.0 Å². The van der Waals surface area contributed by atoms with Crippen LogP contribution in [-0.4, -0.2) is 56.1 Å². The molecule has 1 aliphatic rings. The van der Waals surface area contributed by atoms with Crippen molar-refractivity contribution in [3.8, 4) is 17.6 Å². The van der Waals surface area contributed by atoms with E-state index in [0.717, 1.165) is 38.2 Å². The maximum absolute atomic E-state index is 12.7. The summed E-state index contributed by atoms with van der Waals surface area (Å²) in [5, 5.41) is 8.92. The Morgan fingerprint density at radius 2 is 1.80 bits per heavy atom. The lowest BCUT2D eigenvalue weighted by Gasteiger charge is -2.21. The van der Waals surface area contributed by atoms with Crippen LogP contribution in [0.15, 0.2) is 48.5 Å². The number of rotatable bonds is 6. The van der Waals surface area contributed by atoms with Gasteiger partial charge in [-0.1, -0.05) is 18.2 Å². The molecule has 30 heavy (non-hydrogen) atoms. The first kappa shape index (κ1) is 21.4. The van der Waals surface area contributed by atoms with Crippen LogP contribution in [0.2, 0.25) is 0 Å². The summed E-state index contributed by atoms with van der Waals surface area (Å²) >= 11 is 0. The average Bonchev–Trinajstić information content (AvgIpc) is 3.03. The summed E-state index contributed by atoms with van der Waals surface area (Å²) in [5.74, 6) is 1.32. The first-order chi connectivity index (χ1) is 14.6. The molecular formula is C24H27N3O3. The quantitative estimate of drug-likeness (QED) is 0.690. The van der Waals surface area contributed by atoms with E-state index in [4.69, 9.17) is 14.7 Å². The van der Waals surface area contributed by atoms with Gasteiger partial charge in [0.1, 0.15) is 0 Å². The Bertz CT molecular complexity index is 932. The topological polar surface area (TPSA) is 65.8 Å². The third kappa shape index (κ3) is 5.62. The molecule has 0 N–H and O–H groups in total. The lowest BCUT2D eigenvalue weighted by Crippen LogP contribution is -2.34. The Hall–Kier alpha value is -3.30. The molecular weight excluding hydrogens is 378 g/mol. The molecule has 1 aliphatic heterocycles. The molecule has 1 saturated heterocycles. The number of hydrogen-bond donors (Lipinski definition) is 0. The number of hydrogen-bond acceptors (Lipinski definition) is 5. The van der Waals surface area contributed by atoms with E-state index in [1.165, 1.54) is 5.56 Å². The van der Waals surface area contributed by atoms with Crippen LogP contribution >= 0.6 is 0 Å². The fourth-order valence-electron chi connectivity index (χ4n) is 3.52. The molecule has 0 aliphatic carbocycles. The molecule has 0 aromatic heterocycles. The van der Waals surface area contributed by atoms with E-state index in [9.17, 15) is 4.79 Å². The van der Waals surface area contributed by atoms with E-state index < -0.39 is 0 Å². The molecule has 1 heterocycles. The highest BCUT2D eigenvalue weighted by atomic mass is 16.5. The monoisotopic (exact) mass is 405 g/mol. The van der Waals surface area contributed by atoms with E-state index in [2.05, 4.69) is 11.0 Å². The van der Waals surface area contributed by atoms with Gasteiger partial charge in [-0.3, -0.25) is 9.69 Å². The van der Waals surface area contributed by atoms with Crippen LogP contribution in [-0.2, 0) is 11.3 Å². The molecule has 1 amide bonds. The predicted molar refractivity (Wildman–Crippen MR) is 116 cm³/mol. The average molecular weight is 405 g/mol. The van der Waals surface area contributed by atoms with Gasteiger partial charge in [0.25, 0.3) is 0 Å². The van der Waals surface area contributed by atoms with Crippen molar-refractivity contribution >= 4 is 12.0 Å². The zero-order valence-corrected chi connectivity index (χ0v) is 17.5. The molecule has 0 unspecified atom stereocenters. The summed E-state index contributed by atoms with van der Waals surface area (Å²) in [4.78, 5) is 16.9. The lowest BCUT2D eigenvalue weighted by molar-refractivity contribution is -0.125. The van der Waals surface area contributed by atoms with Crippen molar-refractivity contribution in [3.05, 3.63) is 65.2 Å². The summed E-state index contributed by atoms with van der Waals surface area (Å²) in [6, 6.07) is 15.4. The van der Waals surface area contributed by atoms with E-state index in [1.54, 1.807) is 20.3 Å². The molecule has 0 atom stereocenters. The highest BCUT2D eigenvalue weighted by Crippen LogP contribution is 2.28. The van der Waals surface area contributed by atoms with Crippen molar-refractivity contribution in [2.24, 2.45) is 0 Å². The first-order valence-corrected chi connectivity index (χ1v) is 10.0. The zero-order chi connectivity index (χ0) is 21.3. The van der Waals surface area contributed by atoms with Crippen LogP contribution < -0.4 is 9.47 Å². The number of ether oxygens (including phenoxy) is 2. The molecule has 6 heteroatoms. The number of benzene rings is 2. The van der Waals surface area contributed by atoms with Crippen molar-refractivity contribution in [2.75, 3.05) is 40.4 Å². The maximum atomic E-state index is 12.7. The fraction of sp³-hybridized carbons (Fsp3) is 0.333. The van der Waals surface area contributed by atoms with E-state index in [-0.39, 0.29) is 5.91 Å². The Labute approximate surface area is 177 Å². The predicted octanol–water partition coefficient (Wildman–Crippen LogP) is 3.32. The maximum Gasteiger partial charge on any atom is 0.246 e. The van der Waals surface area contributed by atoms with Crippen molar-refractivity contribution in [1.82, 2.24) is 9.80 Å². The molecule has 6 nitrogen and oxygen atoms in total. The third-order valence-corrected chi connectivity index (χ3v) is 5.22. The fourth-order valence-corrected chi connectivity index (χ4v) is 3.52. The van der Waals surface area contributed by atoms with Gasteiger partial charge in [-0.05, 0) is 47.9 Å². The second kappa shape index (κ2) is 10.5. The SMILES string of the molecule is COc1ccc(/C=C/C(=O)N2CCCN(Cc3ccc(C#N)cc3)CC2)cc1OC. The largest absolute Gasteiger partial charge is 0.493 e. The van der Waals surface area contributed by atoms with Crippen molar-refractivity contribution < 1.29 is 14.3 Å². The van der Waals surface area contributed by atoms with Gasteiger partial charge in [-0.15, -0.1) is 0 Å². The zero-order valence-electron chi connectivity index (χ0n) is 17.5. The number of methoxy groups -OCH3 is 2. The number of carbonyl (C=O) groups excluding carboxylic acids is 1. The van der Waals surface area contributed by atoms with Gasteiger partial charge in [0.15, 0.2) is 11.5 Å². The van der Waals surface area contributed by atoms with Crippen LogP contribution in [0, 0.1) is 11.3 Å². The Morgan fingerprint density at radius 3 is 2.50 bits per heavy atom. The molecule has 0 spiro atoms. The molecule has 0 bridgehead atoms. The normalized spacial score (nSPS) is 14.9. The van der Waals surface area contributed by atoms with E-state index in [1.807, 2.05) is 53.4 Å². The van der Waals surface area contributed by atoms with Crippen LogP contribution in [0.4, 0.5) is 0 Å². The second-order valence-electron chi connectivity index (χ2n) is 7.21. The number of amides is 1. The van der Waals surface area contributed by atoms with Crippen LogP contribution in [0.1, 0.15) is 23.1 Å². The van der Waals surface area contributed by atoms with Crippen LogP contribution in [0.5, 0.6) is 11.5 Å². The molecule has 2 aromatic carbocycles. The summed E-state index contributed by atoms with van der Waals surface area (Å²) in [6.45, 7) is 4.05. The Kier molecular flexibility index (Phi) is 7.47. The smallest absolute Gasteiger partial charge is 0.246 e. The molecule has 0 radical (unpaired) electrons. The molecule has 156 valence electrons.